The van der Waals surface area contributed by atoms with E-state index in [4.69, 9.17) is 4.74 Å². The Bertz CT molecular complexity index is 1740. The van der Waals surface area contributed by atoms with Crippen molar-refractivity contribution in [3.63, 3.8) is 0 Å². The zero-order valence-corrected chi connectivity index (χ0v) is 29.5. The molecular weight excluding hydrogens is 641 g/mol. The fraction of sp³-hybridized carbons (Fsp3) is 0.486. The number of ether oxygens (including phenoxy) is 1. The number of anilines is 1. The minimum atomic E-state index is -0.901. The van der Waals surface area contributed by atoms with E-state index < -0.39 is 33.4 Å². The molecule has 49 heavy (non-hydrogen) atoms. The molecule has 3 amide bonds. The van der Waals surface area contributed by atoms with Gasteiger partial charge in [-0.3, -0.25) is 14.4 Å². The highest BCUT2D eigenvalue weighted by Gasteiger charge is 2.78. The molecule has 2 aromatic carbocycles. The highest BCUT2D eigenvalue weighted by Crippen LogP contribution is 2.72. The smallest absolute Gasteiger partial charge is 0.248 e. The van der Waals surface area contributed by atoms with Crippen LogP contribution in [0.3, 0.4) is 0 Å². The summed E-state index contributed by atoms with van der Waals surface area (Å²) in [6.45, 7) is 16.5. The van der Waals surface area contributed by atoms with E-state index in [1.807, 2.05) is 69.3 Å². The summed E-state index contributed by atoms with van der Waals surface area (Å²) in [5.74, 6) is -1.56. The van der Waals surface area contributed by atoms with Gasteiger partial charge in [0, 0.05) is 23.5 Å². The van der Waals surface area contributed by atoms with E-state index in [2.05, 4.69) is 30.4 Å². The predicted molar refractivity (Wildman–Crippen MR) is 191 cm³/mol. The number of fused-ring (bicyclic) bond motifs is 2. The number of nitrogens with zero attached hydrogens (tertiary/aromatic N) is 6. The van der Waals surface area contributed by atoms with Crippen molar-refractivity contribution in [2.24, 2.45) is 17.8 Å². The summed E-state index contributed by atoms with van der Waals surface area (Å²) in [6, 6.07) is 13.4. The molecular formula is C37H46N6O5S. The summed E-state index contributed by atoms with van der Waals surface area (Å²) in [7, 11) is 0. The lowest BCUT2D eigenvalue weighted by atomic mass is 9.66. The topological polar surface area (TPSA) is 121 Å². The number of hydrogen-bond donors (Lipinski definition) is 1. The number of aliphatic hydroxyl groups excluding tert-OH is 1. The number of hydrogen-bond acceptors (Lipinski definition) is 8. The number of benzene rings is 2. The third-order valence-corrected chi connectivity index (χ3v) is 12.4. The van der Waals surface area contributed by atoms with Crippen LogP contribution in [-0.4, -0.2) is 95.5 Å². The standard InChI is InChI=1S/C37H46N6O5S/c1-7-20-40(23-42-28-13-11-10-12-27(28)38-39-42)35(47)32-37-19-18-36(6,49-37)30(31(37)34(46)43(32)29(22-44)24(4)5)33(45)41(21-8-2)25-14-16-26(17-15-25)48-9-3/h7-8,10-17,24,29-32,44H,1-2,9,18-23H2,3-6H3/t29-,30-,31-,32?,36+,37?/m0/s1. The second kappa shape index (κ2) is 13.6. The number of carbonyl (C=O) groups is 3. The second-order valence-electron chi connectivity index (χ2n) is 13.7. The number of para-hydroxylation sites is 1. The Morgan fingerprint density at radius 3 is 2.47 bits per heavy atom. The maximum absolute atomic E-state index is 15.1. The zero-order valence-electron chi connectivity index (χ0n) is 28.7. The Morgan fingerprint density at radius 1 is 1.10 bits per heavy atom. The van der Waals surface area contributed by atoms with Crippen LogP contribution in [0.25, 0.3) is 11.0 Å². The van der Waals surface area contributed by atoms with Gasteiger partial charge in [-0.2, -0.15) is 0 Å². The number of aromatic nitrogens is 3. The molecule has 6 rings (SSSR count). The molecule has 0 aliphatic carbocycles. The van der Waals surface area contributed by atoms with E-state index in [0.717, 1.165) is 5.52 Å². The predicted octanol–water partition coefficient (Wildman–Crippen LogP) is 4.52. The maximum Gasteiger partial charge on any atom is 0.248 e. The molecule has 6 atom stereocenters. The van der Waals surface area contributed by atoms with Gasteiger partial charge in [0.1, 0.15) is 24.0 Å². The summed E-state index contributed by atoms with van der Waals surface area (Å²) in [5.41, 5.74) is 2.17. The SMILES string of the molecule is C=CCN(Cn1nnc2ccccc21)C(=O)C1N([C@@H](CO)C(C)C)C(=O)[C@@H]2[C@@H](C(=O)N(CC=C)c3ccc(OCC)cc3)[C@@]3(C)CCC12S3. The minimum Gasteiger partial charge on any atom is -0.494 e. The largest absolute Gasteiger partial charge is 0.494 e. The van der Waals surface area contributed by atoms with Crippen LogP contribution >= 0.6 is 11.8 Å². The molecule has 4 heterocycles. The average molecular weight is 687 g/mol. The van der Waals surface area contributed by atoms with Gasteiger partial charge in [-0.25, -0.2) is 4.68 Å². The second-order valence-corrected chi connectivity index (χ2v) is 15.6. The number of thioether (sulfide) groups is 1. The molecule has 260 valence electrons. The monoisotopic (exact) mass is 686 g/mol. The van der Waals surface area contributed by atoms with Crippen molar-refractivity contribution in [3.05, 3.63) is 73.8 Å². The van der Waals surface area contributed by atoms with Crippen LogP contribution in [0.5, 0.6) is 5.75 Å². The van der Waals surface area contributed by atoms with Crippen molar-refractivity contribution < 1.29 is 24.2 Å². The molecule has 0 saturated carbocycles. The van der Waals surface area contributed by atoms with Gasteiger partial charge in [-0.15, -0.1) is 30.0 Å². The average Bonchev–Trinajstić information content (AvgIpc) is 3.79. The van der Waals surface area contributed by atoms with E-state index in [0.29, 0.717) is 36.4 Å². The van der Waals surface area contributed by atoms with Crippen LogP contribution in [0.2, 0.25) is 0 Å². The molecule has 3 aliphatic rings. The Labute approximate surface area is 291 Å². The van der Waals surface area contributed by atoms with Gasteiger partial charge in [-0.1, -0.05) is 43.3 Å². The molecule has 3 aromatic rings. The number of carbonyl (C=O) groups excluding carboxylic acids is 3. The molecule has 3 saturated heterocycles. The molecule has 1 spiro atoms. The van der Waals surface area contributed by atoms with Crippen molar-refractivity contribution in [2.75, 3.05) is 31.2 Å². The normalized spacial score (nSPS) is 26.2. The third kappa shape index (κ3) is 5.72. The van der Waals surface area contributed by atoms with Crippen molar-refractivity contribution >= 4 is 46.2 Å². The molecule has 2 unspecified atom stereocenters. The minimum absolute atomic E-state index is 0.102. The Morgan fingerprint density at radius 2 is 1.82 bits per heavy atom. The highest BCUT2D eigenvalue weighted by molar-refractivity contribution is 8.02. The van der Waals surface area contributed by atoms with E-state index in [1.54, 1.807) is 43.3 Å². The van der Waals surface area contributed by atoms with Gasteiger partial charge in [0.15, 0.2) is 0 Å². The number of amides is 3. The number of aliphatic hydroxyl groups is 1. The molecule has 3 fully saturated rings. The van der Waals surface area contributed by atoms with E-state index in [-0.39, 0.29) is 50.0 Å². The van der Waals surface area contributed by atoms with E-state index in [1.165, 1.54) is 0 Å². The summed E-state index contributed by atoms with van der Waals surface area (Å²) < 4.78 is 5.86. The van der Waals surface area contributed by atoms with Crippen LogP contribution in [-0.2, 0) is 21.1 Å². The first kappa shape index (κ1) is 34.7. The highest BCUT2D eigenvalue weighted by atomic mass is 32.2. The summed E-state index contributed by atoms with van der Waals surface area (Å²) in [4.78, 5) is 49.8. The summed E-state index contributed by atoms with van der Waals surface area (Å²) in [5, 5.41) is 19.3. The zero-order chi connectivity index (χ0) is 35.1. The molecule has 12 heteroatoms. The number of likely N-dealkylation sites (tertiary alicyclic amines) is 1. The third-order valence-electron chi connectivity index (χ3n) is 10.5. The van der Waals surface area contributed by atoms with Gasteiger partial charge in [0.25, 0.3) is 0 Å². The van der Waals surface area contributed by atoms with E-state index >= 15 is 4.79 Å². The fourth-order valence-electron chi connectivity index (χ4n) is 8.23. The summed E-state index contributed by atoms with van der Waals surface area (Å²) >= 11 is 1.61. The van der Waals surface area contributed by atoms with Crippen LogP contribution in [0.15, 0.2) is 73.8 Å². The molecule has 1 aromatic heterocycles. The van der Waals surface area contributed by atoms with Crippen molar-refractivity contribution in [3.8, 4) is 5.75 Å². The molecule has 3 aliphatic heterocycles. The molecule has 1 N–H and O–H groups in total. The lowest BCUT2D eigenvalue weighted by Crippen LogP contribution is -2.58. The fourth-order valence-corrected chi connectivity index (χ4v) is 10.6. The van der Waals surface area contributed by atoms with E-state index in [9.17, 15) is 14.7 Å². The van der Waals surface area contributed by atoms with Crippen LogP contribution in [0, 0.1) is 17.8 Å². The van der Waals surface area contributed by atoms with Gasteiger partial charge in [0.2, 0.25) is 17.7 Å². The lowest BCUT2D eigenvalue weighted by Gasteiger charge is -2.40. The van der Waals surface area contributed by atoms with Crippen molar-refractivity contribution in [1.29, 1.82) is 0 Å². The van der Waals surface area contributed by atoms with Gasteiger partial charge < -0.3 is 24.5 Å². The quantitative estimate of drug-likeness (QED) is 0.246. The maximum atomic E-state index is 15.1. The molecule has 2 bridgehead atoms. The summed E-state index contributed by atoms with van der Waals surface area (Å²) in [6.07, 6.45) is 4.61. The Hall–Kier alpha value is -4.16. The van der Waals surface area contributed by atoms with Gasteiger partial charge >= 0.3 is 0 Å². The first-order valence-corrected chi connectivity index (χ1v) is 17.8. The number of rotatable bonds is 14. The first-order chi connectivity index (χ1) is 23.5. The Kier molecular flexibility index (Phi) is 9.65. The van der Waals surface area contributed by atoms with Crippen LogP contribution in [0.4, 0.5) is 5.69 Å². The Balaban J connectivity index is 1.42. The molecule has 0 radical (unpaired) electrons. The lowest BCUT2D eigenvalue weighted by molar-refractivity contribution is -0.147. The van der Waals surface area contributed by atoms with Crippen LogP contribution < -0.4 is 9.64 Å². The van der Waals surface area contributed by atoms with Crippen molar-refractivity contribution in [2.45, 2.75) is 68.8 Å². The molecule has 11 nitrogen and oxygen atoms in total. The van der Waals surface area contributed by atoms with Gasteiger partial charge in [0.05, 0.1) is 41.4 Å². The first-order valence-electron chi connectivity index (χ1n) is 17.0. The van der Waals surface area contributed by atoms with Gasteiger partial charge in [-0.05, 0) is 69.0 Å². The van der Waals surface area contributed by atoms with Crippen molar-refractivity contribution in [1.82, 2.24) is 24.8 Å². The van der Waals surface area contributed by atoms with Crippen LogP contribution in [0.1, 0.15) is 40.5 Å².